The molecule has 0 atom stereocenters. The fourth-order valence-corrected chi connectivity index (χ4v) is 1.66. The molecule has 0 saturated heterocycles. The lowest BCUT2D eigenvalue weighted by atomic mass is 10.1. The number of hydrogen-bond donors (Lipinski definition) is 2. The standard InChI is InChI=1S/C14H12ClNO2/c15-11-3-1-10(2-4-11)9-14(18)16-12-5-7-13(17)8-6-12/h1-8,17H,9H2,(H,16,18). The molecule has 2 rings (SSSR count). The molecule has 0 spiro atoms. The summed E-state index contributed by atoms with van der Waals surface area (Å²) in [5.41, 5.74) is 1.56. The van der Waals surface area contributed by atoms with E-state index in [1.54, 1.807) is 24.3 Å². The highest BCUT2D eigenvalue weighted by Crippen LogP contribution is 2.14. The van der Waals surface area contributed by atoms with Crippen LogP contribution >= 0.6 is 11.6 Å². The number of carbonyl (C=O) groups excluding carboxylic acids is 1. The van der Waals surface area contributed by atoms with Gasteiger partial charge < -0.3 is 10.4 Å². The maximum atomic E-state index is 11.7. The topological polar surface area (TPSA) is 49.3 Å². The summed E-state index contributed by atoms with van der Waals surface area (Å²) in [5.74, 6) is 0.0636. The first-order valence-electron chi connectivity index (χ1n) is 5.47. The third-order valence-electron chi connectivity index (χ3n) is 2.43. The molecule has 0 aliphatic carbocycles. The molecule has 2 aromatic rings. The molecule has 4 heteroatoms. The van der Waals surface area contributed by atoms with Crippen LogP contribution in [-0.2, 0) is 11.2 Å². The molecule has 2 aromatic carbocycles. The van der Waals surface area contributed by atoms with Crippen molar-refractivity contribution in [2.24, 2.45) is 0 Å². The lowest BCUT2D eigenvalue weighted by Gasteiger charge is -2.05. The average Bonchev–Trinajstić information content (AvgIpc) is 2.35. The zero-order chi connectivity index (χ0) is 13.0. The zero-order valence-corrected chi connectivity index (χ0v) is 10.3. The molecule has 92 valence electrons. The van der Waals surface area contributed by atoms with Crippen molar-refractivity contribution in [1.82, 2.24) is 0 Å². The average molecular weight is 262 g/mol. The predicted molar refractivity (Wildman–Crippen MR) is 71.9 cm³/mol. The van der Waals surface area contributed by atoms with Crippen LogP contribution in [0.4, 0.5) is 5.69 Å². The van der Waals surface area contributed by atoms with Crippen molar-refractivity contribution in [3.05, 3.63) is 59.1 Å². The van der Waals surface area contributed by atoms with Crippen molar-refractivity contribution < 1.29 is 9.90 Å². The summed E-state index contributed by atoms with van der Waals surface area (Å²) in [6.07, 6.45) is 0.290. The van der Waals surface area contributed by atoms with Crippen molar-refractivity contribution in [2.75, 3.05) is 5.32 Å². The molecule has 0 aromatic heterocycles. The maximum Gasteiger partial charge on any atom is 0.228 e. The van der Waals surface area contributed by atoms with Gasteiger partial charge >= 0.3 is 0 Å². The monoisotopic (exact) mass is 261 g/mol. The summed E-state index contributed by atoms with van der Waals surface area (Å²) < 4.78 is 0. The predicted octanol–water partition coefficient (Wildman–Crippen LogP) is 3.23. The Morgan fingerprint density at radius 3 is 2.28 bits per heavy atom. The normalized spacial score (nSPS) is 10.1. The molecule has 1 amide bonds. The van der Waals surface area contributed by atoms with Crippen molar-refractivity contribution in [1.29, 1.82) is 0 Å². The largest absolute Gasteiger partial charge is 0.508 e. The number of carbonyl (C=O) groups is 1. The van der Waals surface area contributed by atoms with Crippen LogP contribution in [0.2, 0.25) is 5.02 Å². The van der Waals surface area contributed by atoms with Gasteiger partial charge in [-0.15, -0.1) is 0 Å². The summed E-state index contributed by atoms with van der Waals surface area (Å²) in [6, 6.07) is 13.5. The molecule has 2 N–H and O–H groups in total. The highest BCUT2D eigenvalue weighted by Gasteiger charge is 2.04. The number of phenols is 1. The Labute approximate surface area is 110 Å². The second kappa shape index (κ2) is 5.56. The Morgan fingerprint density at radius 2 is 1.67 bits per heavy atom. The van der Waals surface area contributed by atoms with Crippen LogP contribution in [0.5, 0.6) is 5.75 Å². The number of amides is 1. The van der Waals surface area contributed by atoms with Crippen molar-refractivity contribution in [2.45, 2.75) is 6.42 Å². The zero-order valence-electron chi connectivity index (χ0n) is 9.56. The number of nitrogens with one attached hydrogen (secondary N) is 1. The first-order chi connectivity index (χ1) is 8.63. The van der Waals surface area contributed by atoms with Crippen LogP contribution in [0.3, 0.4) is 0 Å². The van der Waals surface area contributed by atoms with Gasteiger partial charge in [-0.05, 0) is 42.0 Å². The number of halogens is 1. The minimum atomic E-state index is -0.108. The minimum absolute atomic E-state index is 0.108. The second-order valence-electron chi connectivity index (χ2n) is 3.90. The van der Waals surface area contributed by atoms with Crippen LogP contribution in [0.1, 0.15) is 5.56 Å². The van der Waals surface area contributed by atoms with E-state index >= 15 is 0 Å². The molecule has 0 heterocycles. The van der Waals surface area contributed by atoms with Crippen LogP contribution in [0, 0.1) is 0 Å². The SMILES string of the molecule is O=C(Cc1ccc(Cl)cc1)Nc1ccc(O)cc1. The summed E-state index contributed by atoms with van der Waals surface area (Å²) in [4.78, 5) is 11.7. The molecule has 0 aliphatic rings. The fourth-order valence-electron chi connectivity index (χ4n) is 1.54. The first-order valence-corrected chi connectivity index (χ1v) is 5.84. The number of phenolic OH excluding ortho intramolecular Hbond substituents is 1. The van der Waals surface area contributed by atoms with Gasteiger partial charge in [-0.25, -0.2) is 0 Å². The Balaban J connectivity index is 1.96. The van der Waals surface area contributed by atoms with E-state index in [2.05, 4.69) is 5.32 Å². The van der Waals surface area contributed by atoms with Crippen LogP contribution in [0.25, 0.3) is 0 Å². The number of benzene rings is 2. The van der Waals surface area contributed by atoms with Gasteiger partial charge in [0, 0.05) is 10.7 Å². The van der Waals surface area contributed by atoms with Crippen molar-refractivity contribution in [3.63, 3.8) is 0 Å². The van der Waals surface area contributed by atoms with E-state index in [-0.39, 0.29) is 18.1 Å². The van der Waals surface area contributed by atoms with Gasteiger partial charge in [0.15, 0.2) is 0 Å². The smallest absolute Gasteiger partial charge is 0.228 e. The lowest BCUT2D eigenvalue weighted by Crippen LogP contribution is -2.14. The molecular formula is C14H12ClNO2. The van der Waals surface area contributed by atoms with E-state index in [0.29, 0.717) is 10.7 Å². The van der Waals surface area contributed by atoms with Crippen LogP contribution < -0.4 is 5.32 Å². The summed E-state index contributed by atoms with van der Waals surface area (Å²) in [5, 5.41) is 12.5. The quantitative estimate of drug-likeness (QED) is 0.834. The van der Waals surface area contributed by atoms with Crippen molar-refractivity contribution in [3.8, 4) is 5.75 Å². The summed E-state index contributed by atoms with van der Waals surface area (Å²) >= 11 is 5.77. The molecule has 0 aliphatic heterocycles. The number of rotatable bonds is 3. The number of aromatic hydroxyl groups is 1. The van der Waals surface area contributed by atoms with Gasteiger partial charge in [-0.3, -0.25) is 4.79 Å². The molecular weight excluding hydrogens is 250 g/mol. The van der Waals surface area contributed by atoms with Gasteiger partial charge in [-0.2, -0.15) is 0 Å². The second-order valence-corrected chi connectivity index (χ2v) is 4.33. The van der Waals surface area contributed by atoms with E-state index < -0.39 is 0 Å². The van der Waals surface area contributed by atoms with Gasteiger partial charge in [0.25, 0.3) is 0 Å². The molecule has 0 radical (unpaired) electrons. The van der Waals surface area contributed by atoms with E-state index in [0.717, 1.165) is 5.56 Å². The van der Waals surface area contributed by atoms with E-state index in [1.807, 2.05) is 12.1 Å². The molecule has 0 saturated carbocycles. The Bertz CT molecular complexity index is 485. The number of hydrogen-bond acceptors (Lipinski definition) is 2. The van der Waals surface area contributed by atoms with Crippen LogP contribution in [-0.4, -0.2) is 11.0 Å². The van der Waals surface area contributed by atoms with Crippen molar-refractivity contribution >= 4 is 23.2 Å². The maximum absolute atomic E-state index is 11.7. The molecule has 18 heavy (non-hydrogen) atoms. The van der Waals surface area contributed by atoms with Gasteiger partial charge in [0.2, 0.25) is 5.91 Å². The Hall–Kier alpha value is -2.00. The highest BCUT2D eigenvalue weighted by atomic mass is 35.5. The molecule has 3 nitrogen and oxygen atoms in total. The highest BCUT2D eigenvalue weighted by molar-refractivity contribution is 6.30. The molecule has 0 unspecified atom stereocenters. The fraction of sp³-hybridized carbons (Fsp3) is 0.0714. The minimum Gasteiger partial charge on any atom is -0.508 e. The first kappa shape index (κ1) is 12.5. The van der Waals surface area contributed by atoms with E-state index in [4.69, 9.17) is 16.7 Å². The van der Waals surface area contributed by atoms with Gasteiger partial charge in [0.1, 0.15) is 5.75 Å². The van der Waals surface area contributed by atoms with Gasteiger partial charge in [-0.1, -0.05) is 23.7 Å². The molecule has 0 fully saturated rings. The summed E-state index contributed by atoms with van der Waals surface area (Å²) in [7, 11) is 0. The summed E-state index contributed by atoms with van der Waals surface area (Å²) in [6.45, 7) is 0. The molecule has 0 bridgehead atoms. The van der Waals surface area contributed by atoms with Crippen LogP contribution in [0.15, 0.2) is 48.5 Å². The Kier molecular flexibility index (Phi) is 3.85. The van der Waals surface area contributed by atoms with Gasteiger partial charge in [0.05, 0.1) is 6.42 Å². The third-order valence-corrected chi connectivity index (χ3v) is 2.68. The van der Waals surface area contributed by atoms with E-state index in [1.165, 1.54) is 12.1 Å². The number of anilines is 1. The lowest BCUT2D eigenvalue weighted by molar-refractivity contribution is -0.115. The Morgan fingerprint density at radius 1 is 1.06 bits per heavy atom. The third kappa shape index (κ3) is 3.50. The van der Waals surface area contributed by atoms with E-state index in [9.17, 15) is 4.79 Å².